The summed E-state index contributed by atoms with van der Waals surface area (Å²) in [4.78, 5) is 28.0. The lowest BCUT2D eigenvalue weighted by atomic mass is 10.1. The highest BCUT2D eigenvalue weighted by molar-refractivity contribution is 8.03. The summed E-state index contributed by atoms with van der Waals surface area (Å²) < 4.78 is 28.7. The lowest BCUT2D eigenvalue weighted by Gasteiger charge is -2.33. The third-order valence-corrected chi connectivity index (χ3v) is 7.05. The van der Waals surface area contributed by atoms with Crippen LogP contribution in [0.3, 0.4) is 0 Å². The van der Waals surface area contributed by atoms with Crippen LogP contribution in [0.15, 0.2) is 40.3 Å². The van der Waals surface area contributed by atoms with Gasteiger partial charge in [-0.2, -0.15) is 0 Å². The van der Waals surface area contributed by atoms with Crippen molar-refractivity contribution in [3.8, 4) is 5.75 Å². The van der Waals surface area contributed by atoms with Crippen molar-refractivity contribution >= 4 is 17.7 Å². The Morgan fingerprint density at radius 2 is 2.10 bits per heavy atom. The van der Waals surface area contributed by atoms with Gasteiger partial charge in [0.2, 0.25) is 5.43 Å². The maximum absolute atomic E-state index is 14.0. The Kier molecular flexibility index (Phi) is 4.57. The highest BCUT2D eigenvalue weighted by atomic mass is 32.2. The number of hydrogen-bond acceptors (Lipinski definition) is 5. The van der Waals surface area contributed by atoms with E-state index in [1.165, 1.54) is 23.9 Å². The van der Waals surface area contributed by atoms with E-state index >= 15 is 0 Å². The molecule has 0 bridgehead atoms. The van der Waals surface area contributed by atoms with Crippen LogP contribution in [-0.4, -0.2) is 33.1 Å². The Morgan fingerprint density at radius 3 is 2.90 bits per heavy atom. The topological polar surface area (TPSA) is 74.6 Å². The van der Waals surface area contributed by atoms with Gasteiger partial charge in [-0.25, -0.2) is 8.78 Å². The van der Waals surface area contributed by atoms with Gasteiger partial charge in [-0.05, 0) is 24.5 Å². The molecule has 1 aromatic carbocycles. The average Bonchev–Trinajstić information content (AvgIpc) is 3.36. The first-order valence-electron chi connectivity index (χ1n) is 9.75. The van der Waals surface area contributed by atoms with E-state index in [4.69, 9.17) is 0 Å². The minimum absolute atomic E-state index is 0.0477. The second-order valence-corrected chi connectivity index (χ2v) is 8.98. The van der Waals surface area contributed by atoms with Gasteiger partial charge >= 0.3 is 0 Å². The molecule has 2 atom stereocenters. The number of benzene rings is 1. The maximum Gasteiger partial charge on any atom is 0.274 e. The molecule has 3 aliphatic heterocycles. The number of pyridine rings is 1. The molecule has 5 rings (SSSR count). The summed E-state index contributed by atoms with van der Waals surface area (Å²) in [5.74, 6) is -2.08. The zero-order valence-corrected chi connectivity index (χ0v) is 16.7. The monoisotopic (exact) mass is 431 g/mol. The van der Waals surface area contributed by atoms with Crippen LogP contribution >= 0.6 is 11.8 Å². The van der Waals surface area contributed by atoms with Crippen LogP contribution < -0.4 is 10.7 Å². The van der Waals surface area contributed by atoms with E-state index in [9.17, 15) is 23.5 Å². The summed E-state index contributed by atoms with van der Waals surface area (Å²) in [6.45, 7) is 1.19. The Bertz CT molecular complexity index is 1150. The van der Waals surface area contributed by atoms with Crippen molar-refractivity contribution in [1.82, 2.24) is 14.8 Å². The fourth-order valence-corrected chi connectivity index (χ4v) is 5.48. The van der Waals surface area contributed by atoms with Gasteiger partial charge in [0.15, 0.2) is 11.4 Å². The van der Waals surface area contributed by atoms with E-state index in [1.54, 1.807) is 21.9 Å². The van der Waals surface area contributed by atoms with Crippen LogP contribution in [-0.2, 0) is 13.0 Å². The van der Waals surface area contributed by atoms with Crippen molar-refractivity contribution in [1.29, 1.82) is 0 Å². The first-order chi connectivity index (χ1) is 14.4. The second kappa shape index (κ2) is 7.16. The van der Waals surface area contributed by atoms with Crippen LogP contribution in [0, 0.1) is 11.6 Å². The van der Waals surface area contributed by atoms with Gasteiger partial charge in [-0.15, -0.1) is 0 Å². The van der Waals surface area contributed by atoms with Gasteiger partial charge in [-0.1, -0.05) is 17.8 Å². The highest BCUT2D eigenvalue weighted by Crippen LogP contribution is 2.39. The fraction of sp³-hybridized carbons (Fsp3) is 0.333. The van der Waals surface area contributed by atoms with E-state index in [0.717, 1.165) is 23.8 Å². The second-order valence-electron chi connectivity index (χ2n) is 7.75. The molecular formula is C21H19F2N3O3S. The zero-order valence-electron chi connectivity index (χ0n) is 15.9. The summed E-state index contributed by atoms with van der Waals surface area (Å²) in [5, 5.41) is 13.1. The van der Waals surface area contributed by atoms with Gasteiger partial charge in [0.05, 0.1) is 11.6 Å². The summed E-state index contributed by atoms with van der Waals surface area (Å²) in [5.41, 5.74) is 0.159. The van der Waals surface area contributed by atoms with Gasteiger partial charge in [0.25, 0.3) is 5.91 Å². The fourth-order valence-electron chi connectivity index (χ4n) is 4.37. The first-order valence-corrected chi connectivity index (χ1v) is 10.6. The van der Waals surface area contributed by atoms with Crippen LogP contribution in [0.2, 0.25) is 0 Å². The number of aromatic nitrogens is 1. The standard InChI is InChI=1S/C21H19F2N3O3S/c22-12-4-3-11(16(23)7-12)6-14-8-24-20(30-14)15-10-25-9-13-2-1-5-26(13)21(29)17(25)19(28)18(15)27/h3-4,7-8,10,13,20,24,28H,1-2,5-6,9H2. The molecule has 1 aromatic heterocycles. The molecule has 0 saturated carbocycles. The third kappa shape index (κ3) is 3.08. The number of fused-ring (bicyclic) bond motifs is 2. The van der Waals surface area contributed by atoms with Crippen LogP contribution in [0.25, 0.3) is 0 Å². The molecular weight excluding hydrogens is 412 g/mol. The molecule has 1 fully saturated rings. The molecule has 1 amide bonds. The SMILES string of the molecule is O=C1c2c(O)c(=O)c(C3NC=C(Cc4ccc(F)cc4F)S3)cn2CC2CCCN12. The number of thioether (sulfide) groups is 1. The van der Waals surface area contributed by atoms with E-state index < -0.39 is 28.2 Å². The summed E-state index contributed by atoms with van der Waals surface area (Å²) in [6, 6.07) is 3.54. The number of carbonyl (C=O) groups is 1. The van der Waals surface area contributed by atoms with Gasteiger partial charge in [0, 0.05) is 42.9 Å². The van der Waals surface area contributed by atoms with Gasteiger partial charge in [-0.3, -0.25) is 9.59 Å². The van der Waals surface area contributed by atoms with Crippen LogP contribution in [0.4, 0.5) is 8.78 Å². The van der Waals surface area contributed by atoms with Crippen molar-refractivity contribution in [2.24, 2.45) is 0 Å². The Labute approximate surface area is 175 Å². The summed E-state index contributed by atoms with van der Waals surface area (Å²) >= 11 is 1.34. The van der Waals surface area contributed by atoms with E-state index in [2.05, 4.69) is 5.32 Å². The predicted molar refractivity (Wildman–Crippen MR) is 108 cm³/mol. The summed E-state index contributed by atoms with van der Waals surface area (Å²) in [6.07, 6.45) is 5.41. The number of nitrogens with zero attached hydrogens (tertiary/aromatic N) is 2. The number of allylic oxidation sites excluding steroid dienone is 1. The first kappa shape index (κ1) is 19.2. The molecule has 2 N–H and O–H groups in total. The Balaban J connectivity index is 1.40. The number of halogens is 2. The number of amides is 1. The molecule has 6 nitrogen and oxygen atoms in total. The number of nitrogens with one attached hydrogen (secondary N) is 1. The molecule has 1 saturated heterocycles. The normalized spacial score (nSPS) is 22.5. The van der Waals surface area contributed by atoms with Crippen molar-refractivity contribution in [2.75, 3.05) is 6.54 Å². The molecule has 30 heavy (non-hydrogen) atoms. The largest absolute Gasteiger partial charge is 0.503 e. The van der Waals surface area contributed by atoms with E-state index in [0.29, 0.717) is 24.2 Å². The lowest BCUT2D eigenvalue weighted by Crippen LogP contribution is -2.45. The van der Waals surface area contributed by atoms with Gasteiger partial charge < -0.3 is 19.9 Å². The van der Waals surface area contributed by atoms with E-state index in [1.807, 2.05) is 0 Å². The third-order valence-electron chi connectivity index (χ3n) is 5.86. The highest BCUT2D eigenvalue weighted by Gasteiger charge is 2.38. The predicted octanol–water partition coefficient (Wildman–Crippen LogP) is 2.87. The van der Waals surface area contributed by atoms with Crippen LogP contribution in [0.1, 0.15) is 39.8 Å². The molecule has 0 radical (unpaired) electrons. The van der Waals surface area contributed by atoms with Crippen molar-refractivity contribution in [3.63, 3.8) is 0 Å². The molecule has 0 spiro atoms. The quantitative estimate of drug-likeness (QED) is 0.782. The Morgan fingerprint density at radius 1 is 1.27 bits per heavy atom. The average molecular weight is 431 g/mol. The van der Waals surface area contributed by atoms with Crippen molar-refractivity contribution in [2.45, 2.75) is 37.2 Å². The molecule has 4 heterocycles. The number of hydrogen-bond donors (Lipinski definition) is 2. The number of aromatic hydroxyl groups is 1. The molecule has 156 valence electrons. The minimum Gasteiger partial charge on any atom is -0.503 e. The maximum atomic E-state index is 14.0. The molecule has 2 aromatic rings. The molecule has 3 aliphatic rings. The van der Waals surface area contributed by atoms with Gasteiger partial charge in [0.1, 0.15) is 17.0 Å². The number of carbonyl (C=O) groups excluding carboxylic acids is 1. The molecule has 9 heteroatoms. The Hall–Kier alpha value is -2.81. The van der Waals surface area contributed by atoms with Crippen LogP contribution in [0.5, 0.6) is 5.75 Å². The molecule has 2 unspecified atom stereocenters. The smallest absolute Gasteiger partial charge is 0.274 e. The van der Waals surface area contributed by atoms with Crippen molar-refractivity contribution in [3.05, 3.63) is 74.2 Å². The molecule has 0 aliphatic carbocycles. The lowest BCUT2D eigenvalue weighted by molar-refractivity contribution is 0.0660. The van der Waals surface area contributed by atoms with E-state index in [-0.39, 0.29) is 24.1 Å². The van der Waals surface area contributed by atoms with Crippen molar-refractivity contribution < 1.29 is 18.7 Å². The zero-order chi connectivity index (χ0) is 21.0. The minimum atomic E-state index is -0.631. The number of rotatable bonds is 3. The summed E-state index contributed by atoms with van der Waals surface area (Å²) in [7, 11) is 0.